The van der Waals surface area contributed by atoms with Gasteiger partial charge in [-0.3, -0.25) is 0 Å². The summed E-state index contributed by atoms with van der Waals surface area (Å²) in [5.41, 5.74) is 0. The van der Waals surface area contributed by atoms with Gasteiger partial charge >= 0.3 is 0 Å². The summed E-state index contributed by atoms with van der Waals surface area (Å²) in [4.78, 5) is 0. The fourth-order valence-corrected chi connectivity index (χ4v) is 0. The average molecular weight is 91.9 g/mol. The van der Waals surface area contributed by atoms with Crippen LogP contribution in [0, 0.1) is 0 Å². The first-order valence-corrected chi connectivity index (χ1v) is 2.32. The van der Waals surface area contributed by atoms with Gasteiger partial charge in [0.25, 0.3) is 0 Å². The molecule has 0 N–H and O–H groups in total. The van der Waals surface area contributed by atoms with E-state index in [9.17, 15) is 3.89 Å². The van der Waals surface area contributed by atoms with E-state index in [1.165, 1.54) is 0 Å². The Kier molecular flexibility index (Phi) is 2.75. The second kappa shape index (κ2) is 2.58. The average Bonchev–Trinajstić information content (AvgIpc) is 1.38. The van der Waals surface area contributed by atoms with Crippen LogP contribution in [0.5, 0.6) is 0 Å². The normalized spacial score (nSPS) is 7.80. The summed E-state index contributed by atoms with van der Waals surface area (Å²) in [6, 6.07) is 0. The van der Waals surface area contributed by atoms with E-state index in [2.05, 4.69) is 0 Å². The fourth-order valence-electron chi connectivity index (χ4n) is 0. The molecule has 0 aliphatic carbocycles. The minimum absolute atomic E-state index is 0.134. The van der Waals surface area contributed by atoms with Crippen LogP contribution in [0.2, 0.25) is 13.6 Å². The molecule has 0 aromatic carbocycles. The lowest BCUT2D eigenvalue weighted by atomic mass is 9.84. The predicted molar refractivity (Wildman–Crippen MR) is 26.2 cm³/mol. The van der Waals surface area contributed by atoms with Crippen LogP contribution in [-0.4, -0.2) is 5.99 Å². The lowest BCUT2D eigenvalue weighted by Crippen LogP contribution is -1.84. The maximum atomic E-state index is 11.0. The Bertz CT molecular complexity index is 23.6. The second-order valence-corrected chi connectivity index (χ2v) is 2.26. The molecular formula is C2H6BFS. The lowest BCUT2D eigenvalue weighted by Gasteiger charge is -1.79. The van der Waals surface area contributed by atoms with Crippen molar-refractivity contribution in [1.29, 1.82) is 0 Å². The first-order valence-electron chi connectivity index (χ1n) is 1.54. The van der Waals surface area contributed by atoms with E-state index in [1.807, 2.05) is 13.6 Å². The number of hydrogen-bond acceptors (Lipinski definition) is 1. The molecule has 0 amide bonds. The number of rotatable bonds is 1. The van der Waals surface area contributed by atoms with Gasteiger partial charge in [-0.2, -0.15) is 3.89 Å². The van der Waals surface area contributed by atoms with Crippen molar-refractivity contribution in [3.05, 3.63) is 0 Å². The monoisotopic (exact) mass is 92.0 g/mol. The van der Waals surface area contributed by atoms with Crippen molar-refractivity contribution in [2.75, 3.05) is 0 Å². The third-order valence-corrected chi connectivity index (χ3v) is 0.535. The molecule has 30 valence electrons. The fraction of sp³-hybridized carbons (Fsp3) is 1.00. The Morgan fingerprint density at radius 1 is 1.60 bits per heavy atom. The molecule has 0 unspecified atom stereocenters. The highest BCUT2D eigenvalue weighted by atomic mass is 32.2. The molecule has 0 aliphatic heterocycles. The van der Waals surface area contributed by atoms with Crippen LogP contribution in [0.1, 0.15) is 0 Å². The van der Waals surface area contributed by atoms with Crippen molar-refractivity contribution in [2.24, 2.45) is 0 Å². The first kappa shape index (κ1) is 5.34. The maximum absolute atomic E-state index is 11.0. The summed E-state index contributed by atoms with van der Waals surface area (Å²) < 4.78 is 11.0. The Morgan fingerprint density at radius 3 is 1.80 bits per heavy atom. The first-order chi connectivity index (χ1) is 2.27. The van der Waals surface area contributed by atoms with Crippen LogP contribution in [0.15, 0.2) is 0 Å². The number of hydrogen-bond donors (Lipinski definition) is 0. The zero-order chi connectivity index (χ0) is 4.28. The third-order valence-electron chi connectivity index (χ3n) is 0.178. The molecule has 0 atom stereocenters. The van der Waals surface area contributed by atoms with Gasteiger partial charge in [-0.05, 0) is 12.0 Å². The second-order valence-electron chi connectivity index (χ2n) is 1.14. The van der Waals surface area contributed by atoms with Gasteiger partial charge in [0.2, 0.25) is 5.99 Å². The van der Waals surface area contributed by atoms with Crippen LogP contribution in [0.3, 0.4) is 0 Å². The van der Waals surface area contributed by atoms with E-state index in [0.717, 1.165) is 0 Å². The van der Waals surface area contributed by atoms with Gasteiger partial charge in [0, 0.05) is 0 Å². The van der Waals surface area contributed by atoms with Crippen LogP contribution in [0.4, 0.5) is 3.89 Å². The van der Waals surface area contributed by atoms with E-state index in [4.69, 9.17) is 0 Å². The van der Waals surface area contributed by atoms with Crippen molar-refractivity contribution in [3.63, 3.8) is 0 Å². The molecule has 0 rings (SSSR count). The molecule has 0 spiro atoms. The Hall–Kier alpha value is 0.345. The minimum atomic E-state index is 0.134. The van der Waals surface area contributed by atoms with Crippen molar-refractivity contribution in [1.82, 2.24) is 0 Å². The van der Waals surface area contributed by atoms with Crippen molar-refractivity contribution >= 4 is 18.0 Å². The van der Waals surface area contributed by atoms with E-state index in [1.54, 1.807) is 0 Å². The molecule has 0 aromatic heterocycles. The standard InChI is InChI=1S/C2H6BFS/c1-3(2)5-4/h1-2H3. The summed E-state index contributed by atoms with van der Waals surface area (Å²) in [6.45, 7) is 3.62. The highest BCUT2D eigenvalue weighted by Crippen LogP contribution is 2.03. The van der Waals surface area contributed by atoms with Crippen molar-refractivity contribution in [2.45, 2.75) is 13.6 Å². The lowest BCUT2D eigenvalue weighted by molar-refractivity contribution is 0.951. The van der Waals surface area contributed by atoms with E-state index < -0.39 is 0 Å². The van der Waals surface area contributed by atoms with E-state index >= 15 is 0 Å². The molecule has 0 radical (unpaired) electrons. The largest absolute Gasteiger partial charge is 0.247 e. The van der Waals surface area contributed by atoms with E-state index in [-0.39, 0.29) is 5.99 Å². The van der Waals surface area contributed by atoms with Gasteiger partial charge in [-0.1, -0.05) is 13.6 Å². The molecule has 3 heteroatoms. The third kappa shape index (κ3) is 4.34. The molecule has 5 heavy (non-hydrogen) atoms. The van der Waals surface area contributed by atoms with Gasteiger partial charge in [-0.15, -0.1) is 0 Å². The number of halogens is 1. The van der Waals surface area contributed by atoms with Crippen LogP contribution >= 0.6 is 12.0 Å². The SMILES string of the molecule is CB(C)SF. The smallest absolute Gasteiger partial charge is 0.178 e. The van der Waals surface area contributed by atoms with Crippen molar-refractivity contribution in [3.8, 4) is 0 Å². The van der Waals surface area contributed by atoms with E-state index in [0.29, 0.717) is 12.0 Å². The summed E-state index contributed by atoms with van der Waals surface area (Å²) in [7, 11) is 0. The minimum Gasteiger partial charge on any atom is -0.178 e. The predicted octanol–water partition coefficient (Wildman–Crippen LogP) is 1.86. The highest BCUT2D eigenvalue weighted by Gasteiger charge is 1.93. The summed E-state index contributed by atoms with van der Waals surface area (Å²) >= 11 is 0.380. The zero-order valence-corrected chi connectivity index (χ0v) is 4.18. The Morgan fingerprint density at radius 2 is 1.80 bits per heavy atom. The van der Waals surface area contributed by atoms with Crippen LogP contribution in [0.25, 0.3) is 0 Å². The van der Waals surface area contributed by atoms with Crippen LogP contribution in [-0.2, 0) is 0 Å². The molecule has 0 aliphatic rings. The molecule has 0 bridgehead atoms. The maximum Gasteiger partial charge on any atom is 0.247 e. The summed E-state index contributed by atoms with van der Waals surface area (Å²) in [5.74, 6) is 0.134. The summed E-state index contributed by atoms with van der Waals surface area (Å²) in [6.07, 6.45) is 0. The summed E-state index contributed by atoms with van der Waals surface area (Å²) in [5, 5.41) is 0. The van der Waals surface area contributed by atoms with Gasteiger partial charge in [0.1, 0.15) is 0 Å². The Labute approximate surface area is 36.4 Å². The molecule has 0 nitrogen and oxygen atoms in total. The van der Waals surface area contributed by atoms with Crippen LogP contribution < -0.4 is 0 Å². The van der Waals surface area contributed by atoms with Gasteiger partial charge in [-0.25, -0.2) is 0 Å². The molecule has 0 saturated heterocycles. The molecular weight excluding hydrogens is 85.9 g/mol. The molecule has 0 aromatic rings. The molecule has 0 heterocycles. The molecule has 0 fully saturated rings. The van der Waals surface area contributed by atoms with Crippen molar-refractivity contribution < 1.29 is 3.89 Å². The quantitative estimate of drug-likeness (QED) is 0.444. The molecule has 0 saturated carbocycles. The van der Waals surface area contributed by atoms with Gasteiger partial charge in [0.05, 0.1) is 0 Å². The highest BCUT2D eigenvalue weighted by molar-refractivity contribution is 8.21. The van der Waals surface area contributed by atoms with Gasteiger partial charge in [0.15, 0.2) is 0 Å². The Balaban J connectivity index is 2.54. The van der Waals surface area contributed by atoms with Gasteiger partial charge < -0.3 is 0 Å². The topological polar surface area (TPSA) is 0 Å². The zero-order valence-electron chi connectivity index (χ0n) is 3.36.